The van der Waals surface area contributed by atoms with Gasteiger partial charge < -0.3 is 14.4 Å². The second-order valence-corrected chi connectivity index (χ2v) is 7.37. The van der Waals surface area contributed by atoms with Crippen molar-refractivity contribution in [2.24, 2.45) is 17.8 Å². The molecule has 0 N–H and O–H groups in total. The van der Waals surface area contributed by atoms with Crippen LogP contribution in [0.4, 0.5) is 0 Å². The molecule has 0 amide bonds. The van der Waals surface area contributed by atoms with Gasteiger partial charge in [0.25, 0.3) is 0 Å². The van der Waals surface area contributed by atoms with Crippen molar-refractivity contribution in [3.05, 3.63) is 29.8 Å². The summed E-state index contributed by atoms with van der Waals surface area (Å²) in [6.07, 6.45) is 5.65. The molecule has 2 atom stereocenters. The highest BCUT2D eigenvalue weighted by Crippen LogP contribution is 2.41. The first-order valence-electron chi connectivity index (χ1n) is 9.13. The Morgan fingerprint density at radius 3 is 2.46 bits per heavy atom. The van der Waals surface area contributed by atoms with Crippen molar-refractivity contribution >= 4 is 5.97 Å². The van der Waals surface area contributed by atoms with E-state index in [2.05, 4.69) is 16.7 Å². The summed E-state index contributed by atoms with van der Waals surface area (Å²) in [4.78, 5) is 13.8. The highest BCUT2D eigenvalue weighted by atomic mass is 16.5. The largest absolute Gasteiger partial charge is 0.494 e. The maximum atomic E-state index is 11.3. The molecule has 1 aromatic carbocycles. The molecule has 1 aliphatic carbocycles. The molecule has 0 aromatic heterocycles. The molecule has 1 saturated carbocycles. The summed E-state index contributed by atoms with van der Waals surface area (Å²) in [6, 6.07) is 7.79. The third kappa shape index (κ3) is 4.29. The van der Waals surface area contributed by atoms with Crippen LogP contribution in [-0.2, 0) is 16.0 Å². The maximum Gasteiger partial charge on any atom is 0.309 e. The van der Waals surface area contributed by atoms with E-state index in [-0.39, 0.29) is 5.97 Å². The fourth-order valence-corrected chi connectivity index (χ4v) is 4.51. The van der Waals surface area contributed by atoms with Gasteiger partial charge in [0.1, 0.15) is 5.75 Å². The number of ether oxygens (including phenoxy) is 2. The summed E-state index contributed by atoms with van der Waals surface area (Å²) in [5, 5.41) is 0. The minimum atomic E-state index is -0.211. The van der Waals surface area contributed by atoms with Crippen molar-refractivity contribution in [1.29, 1.82) is 0 Å². The number of benzene rings is 1. The van der Waals surface area contributed by atoms with Gasteiger partial charge in [-0.3, -0.25) is 4.79 Å². The van der Waals surface area contributed by atoms with E-state index >= 15 is 0 Å². The molecule has 1 aliphatic heterocycles. The molecule has 4 nitrogen and oxygen atoms in total. The highest BCUT2D eigenvalue weighted by Gasteiger charge is 2.37. The Morgan fingerprint density at radius 1 is 1.17 bits per heavy atom. The first kappa shape index (κ1) is 17.3. The van der Waals surface area contributed by atoms with E-state index in [1.54, 1.807) is 0 Å². The molecule has 1 heterocycles. The van der Waals surface area contributed by atoms with Crippen LogP contribution in [0.15, 0.2) is 24.3 Å². The maximum absolute atomic E-state index is 11.3. The normalized spacial score (nSPS) is 26.8. The number of carbonyl (C=O) groups excluding carboxylic acids is 1. The molecule has 2 fully saturated rings. The Labute approximate surface area is 145 Å². The van der Waals surface area contributed by atoms with Gasteiger partial charge in [0, 0.05) is 13.1 Å². The first-order valence-corrected chi connectivity index (χ1v) is 9.13. The molecule has 2 bridgehead atoms. The van der Waals surface area contributed by atoms with E-state index in [1.807, 2.05) is 24.3 Å². The van der Waals surface area contributed by atoms with Crippen LogP contribution in [0.3, 0.4) is 0 Å². The Morgan fingerprint density at radius 2 is 1.83 bits per heavy atom. The van der Waals surface area contributed by atoms with Gasteiger partial charge in [-0.05, 0) is 61.8 Å². The highest BCUT2D eigenvalue weighted by molar-refractivity contribution is 5.72. The predicted molar refractivity (Wildman–Crippen MR) is 94.1 cm³/mol. The monoisotopic (exact) mass is 331 g/mol. The van der Waals surface area contributed by atoms with Gasteiger partial charge in [-0.15, -0.1) is 0 Å². The zero-order chi connectivity index (χ0) is 16.9. The lowest BCUT2D eigenvalue weighted by molar-refractivity contribution is -0.139. The Balaban J connectivity index is 1.47. The molecule has 1 aromatic rings. The van der Waals surface area contributed by atoms with E-state index in [4.69, 9.17) is 4.74 Å². The number of likely N-dealkylation sites (tertiary alicyclic amines) is 1. The van der Waals surface area contributed by atoms with Crippen LogP contribution in [0.25, 0.3) is 0 Å². The molecular formula is C20H29NO3. The van der Waals surface area contributed by atoms with E-state index in [0.29, 0.717) is 6.42 Å². The number of hydrogen-bond donors (Lipinski definition) is 0. The van der Waals surface area contributed by atoms with Gasteiger partial charge in [0.15, 0.2) is 0 Å². The van der Waals surface area contributed by atoms with E-state index in [0.717, 1.165) is 42.1 Å². The average molecular weight is 331 g/mol. The molecule has 132 valence electrons. The van der Waals surface area contributed by atoms with Gasteiger partial charge >= 0.3 is 5.97 Å². The summed E-state index contributed by atoms with van der Waals surface area (Å²) in [7, 11) is 3.67. The third-order valence-corrected chi connectivity index (χ3v) is 5.67. The Kier molecular flexibility index (Phi) is 5.77. The van der Waals surface area contributed by atoms with Crippen molar-refractivity contribution in [3.8, 4) is 5.75 Å². The molecule has 0 spiro atoms. The predicted octanol–water partition coefficient (Wildman–Crippen LogP) is 3.15. The minimum Gasteiger partial charge on any atom is -0.494 e. The van der Waals surface area contributed by atoms with Crippen LogP contribution < -0.4 is 4.74 Å². The minimum absolute atomic E-state index is 0.211. The van der Waals surface area contributed by atoms with Crippen molar-refractivity contribution in [2.45, 2.75) is 32.1 Å². The van der Waals surface area contributed by atoms with Gasteiger partial charge in [-0.2, -0.15) is 0 Å². The van der Waals surface area contributed by atoms with E-state index in [1.165, 1.54) is 39.5 Å². The average Bonchev–Trinajstić information content (AvgIpc) is 2.57. The summed E-state index contributed by atoms with van der Waals surface area (Å²) < 4.78 is 10.6. The molecular weight excluding hydrogens is 302 g/mol. The van der Waals surface area contributed by atoms with Crippen LogP contribution in [0.5, 0.6) is 5.75 Å². The van der Waals surface area contributed by atoms with Gasteiger partial charge in [0.2, 0.25) is 0 Å². The second kappa shape index (κ2) is 8.02. The topological polar surface area (TPSA) is 38.8 Å². The lowest BCUT2D eigenvalue weighted by atomic mass is 9.68. The van der Waals surface area contributed by atoms with Crippen molar-refractivity contribution in [1.82, 2.24) is 4.90 Å². The van der Waals surface area contributed by atoms with E-state index in [9.17, 15) is 4.79 Å². The van der Waals surface area contributed by atoms with Crippen LogP contribution >= 0.6 is 0 Å². The van der Waals surface area contributed by atoms with Crippen LogP contribution in [0.2, 0.25) is 0 Å². The number of carbonyl (C=O) groups is 1. The number of rotatable bonds is 6. The first-order chi connectivity index (χ1) is 11.7. The molecule has 24 heavy (non-hydrogen) atoms. The van der Waals surface area contributed by atoms with E-state index < -0.39 is 0 Å². The molecule has 2 unspecified atom stereocenters. The zero-order valence-corrected chi connectivity index (χ0v) is 14.9. The molecule has 1 saturated heterocycles. The number of piperidine rings is 1. The fourth-order valence-electron chi connectivity index (χ4n) is 4.51. The lowest BCUT2D eigenvalue weighted by Gasteiger charge is -2.46. The Bertz CT molecular complexity index is 528. The lowest BCUT2D eigenvalue weighted by Crippen LogP contribution is -2.47. The number of methoxy groups -OCH3 is 1. The summed E-state index contributed by atoms with van der Waals surface area (Å²) >= 11 is 0. The van der Waals surface area contributed by atoms with Gasteiger partial charge in [-0.25, -0.2) is 0 Å². The number of fused-ring (bicyclic) bond motifs is 2. The SMILES string of the molecule is COC(=O)Cc1ccc(OCCC2C3CCCC2CN(C)C3)cc1. The Hall–Kier alpha value is -1.55. The van der Waals surface area contributed by atoms with Crippen molar-refractivity contribution in [2.75, 3.05) is 33.9 Å². The summed E-state index contributed by atoms with van der Waals surface area (Å²) in [6.45, 7) is 3.30. The number of esters is 1. The zero-order valence-electron chi connectivity index (χ0n) is 14.9. The second-order valence-electron chi connectivity index (χ2n) is 7.37. The van der Waals surface area contributed by atoms with Crippen LogP contribution in [0, 0.1) is 17.8 Å². The molecule has 2 aliphatic rings. The van der Waals surface area contributed by atoms with Crippen molar-refractivity contribution < 1.29 is 14.3 Å². The number of nitrogens with zero attached hydrogens (tertiary/aromatic N) is 1. The summed E-state index contributed by atoms with van der Waals surface area (Å²) in [5.74, 6) is 3.22. The molecule has 0 radical (unpaired) electrons. The molecule has 3 rings (SSSR count). The summed E-state index contributed by atoms with van der Waals surface area (Å²) in [5.41, 5.74) is 0.957. The molecule has 4 heteroatoms. The van der Waals surface area contributed by atoms with Crippen molar-refractivity contribution in [3.63, 3.8) is 0 Å². The van der Waals surface area contributed by atoms with Gasteiger partial charge in [0.05, 0.1) is 20.1 Å². The fraction of sp³-hybridized carbons (Fsp3) is 0.650. The number of hydrogen-bond acceptors (Lipinski definition) is 4. The smallest absolute Gasteiger partial charge is 0.309 e. The van der Waals surface area contributed by atoms with Crippen LogP contribution in [0.1, 0.15) is 31.2 Å². The van der Waals surface area contributed by atoms with Crippen LogP contribution in [-0.4, -0.2) is 44.7 Å². The van der Waals surface area contributed by atoms with Gasteiger partial charge in [-0.1, -0.05) is 18.6 Å². The standard InChI is InChI=1S/C20H29NO3/c1-21-13-16-4-3-5-17(14-21)19(16)10-11-24-18-8-6-15(7-9-18)12-20(22)23-2/h6-9,16-17,19H,3-5,10-14H2,1-2H3. The third-order valence-electron chi connectivity index (χ3n) is 5.67. The quantitative estimate of drug-likeness (QED) is 0.751.